The quantitative estimate of drug-likeness (QED) is 0.492. The van der Waals surface area contributed by atoms with E-state index in [-0.39, 0.29) is 0 Å². The molecule has 0 amide bonds. The monoisotopic (exact) mass is 425 g/mol. The summed E-state index contributed by atoms with van der Waals surface area (Å²) in [5, 5.41) is 0. The molecule has 0 saturated carbocycles. The molecule has 1 heterocycles. The molecule has 2 aromatic rings. The third-order valence-corrected chi connectivity index (χ3v) is 10.6. The topological polar surface area (TPSA) is 34.1 Å². The van der Waals surface area contributed by atoms with E-state index in [9.17, 15) is 8.42 Å². The Kier molecular flexibility index (Phi) is 2.37. The fraction of sp³-hybridized carbons (Fsp3) is 0. The van der Waals surface area contributed by atoms with E-state index in [0.717, 1.165) is 6.54 Å². The molecule has 0 aromatic heterocycles. The van der Waals surface area contributed by atoms with E-state index < -0.39 is 33.1 Å². The molecule has 0 atom stereocenters. The summed E-state index contributed by atoms with van der Waals surface area (Å²) in [7, 11) is -3.26. The maximum absolute atomic E-state index is 12.3. The van der Waals surface area contributed by atoms with Crippen LogP contribution in [0.4, 0.5) is 0 Å². The minimum atomic E-state index is -3.26. The van der Waals surface area contributed by atoms with Crippen LogP contribution in [0.15, 0.2) is 58.3 Å². The molecule has 79 valence electrons. The summed E-state index contributed by atoms with van der Waals surface area (Å²) in [6.07, 6.45) is 0. The second-order valence-electron chi connectivity index (χ2n) is 3.55. The van der Waals surface area contributed by atoms with Gasteiger partial charge in [0.25, 0.3) is 0 Å². The molecule has 0 saturated heterocycles. The van der Waals surface area contributed by atoms with Gasteiger partial charge in [-0.1, -0.05) is 0 Å². The average Bonchev–Trinajstić information content (AvgIpc) is 2.29. The van der Waals surface area contributed by atoms with E-state index in [1.54, 1.807) is 24.3 Å². The molecule has 2 nitrogen and oxygen atoms in total. The van der Waals surface area contributed by atoms with Gasteiger partial charge in [-0.15, -0.1) is 0 Å². The number of benzene rings is 2. The number of sulfone groups is 1. The Bertz CT molecular complexity index is 611. The Hall–Kier alpha value is -0.727. The summed E-state index contributed by atoms with van der Waals surface area (Å²) < 4.78 is 26.8. The van der Waals surface area contributed by atoms with Crippen LogP contribution in [0.1, 0.15) is 0 Å². The standard InChI is InChI=1S/C12H8O2S.Bi/c13-15(14,11-7-3-1-4-8-11)12-9-5-2-6-10-12;/h1-7,9H;. The van der Waals surface area contributed by atoms with Gasteiger partial charge in [-0.25, -0.2) is 0 Å². The van der Waals surface area contributed by atoms with E-state index in [1.807, 2.05) is 24.3 Å². The number of rotatable bonds is 0. The summed E-state index contributed by atoms with van der Waals surface area (Å²) in [6.45, 7) is 0. The normalized spacial score (nSPS) is 16.2. The van der Waals surface area contributed by atoms with E-state index in [4.69, 9.17) is 0 Å². The maximum atomic E-state index is 12.3. The molecule has 0 N–H and O–H groups in total. The van der Waals surface area contributed by atoms with Gasteiger partial charge in [-0.2, -0.15) is 0 Å². The number of hydrogen-bond acceptors (Lipinski definition) is 2. The van der Waals surface area contributed by atoms with Crippen LogP contribution >= 0.6 is 0 Å². The molecule has 0 fully saturated rings. The molecule has 16 heavy (non-hydrogen) atoms. The van der Waals surface area contributed by atoms with Gasteiger partial charge in [0.05, 0.1) is 0 Å². The van der Waals surface area contributed by atoms with Gasteiger partial charge in [0, 0.05) is 0 Å². The average molecular weight is 425 g/mol. The van der Waals surface area contributed by atoms with Gasteiger partial charge in [0.15, 0.2) is 0 Å². The third-order valence-electron chi connectivity index (χ3n) is 2.55. The zero-order chi connectivity index (χ0) is 11.2. The molecule has 2 aromatic carbocycles. The zero-order valence-corrected chi connectivity index (χ0v) is 12.6. The summed E-state index contributed by atoms with van der Waals surface area (Å²) in [6, 6.07) is 14.8. The van der Waals surface area contributed by atoms with Crippen molar-refractivity contribution >= 4 is 39.6 Å². The minimum absolute atomic E-state index is 0.533. The van der Waals surface area contributed by atoms with Crippen molar-refractivity contribution < 1.29 is 8.42 Å². The second kappa shape index (κ2) is 3.64. The zero-order valence-electron chi connectivity index (χ0n) is 8.29. The first kappa shape index (κ1) is 10.4. The Morgan fingerprint density at radius 3 is 1.69 bits per heavy atom. The number of hydrogen-bond donors (Lipinski definition) is 0. The predicted molar refractivity (Wildman–Crippen MR) is 63.4 cm³/mol. The molecule has 0 bridgehead atoms. The summed E-state index contributed by atoms with van der Waals surface area (Å²) in [5.41, 5.74) is 0. The number of fused-ring (bicyclic) bond motifs is 2. The van der Waals surface area contributed by atoms with Crippen LogP contribution in [-0.2, 0) is 9.84 Å². The molecule has 0 aliphatic carbocycles. The van der Waals surface area contributed by atoms with Crippen LogP contribution in [-0.4, -0.2) is 31.7 Å². The van der Waals surface area contributed by atoms with Crippen molar-refractivity contribution in [3.8, 4) is 0 Å². The van der Waals surface area contributed by atoms with Crippen molar-refractivity contribution in [3.63, 3.8) is 0 Å². The van der Waals surface area contributed by atoms with Crippen molar-refractivity contribution in [3.05, 3.63) is 48.5 Å². The van der Waals surface area contributed by atoms with Gasteiger partial charge in [0.1, 0.15) is 0 Å². The van der Waals surface area contributed by atoms with Crippen molar-refractivity contribution in [2.45, 2.75) is 9.79 Å². The van der Waals surface area contributed by atoms with Gasteiger partial charge < -0.3 is 0 Å². The van der Waals surface area contributed by atoms with Crippen LogP contribution in [0.25, 0.3) is 0 Å². The van der Waals surface area contributed by atoms with Crippen molar-refractivity contribution in [1.29, 1.82) is 0 Å². The first-order valence-corrected chi connectivity index (χ1v) is 9.80. The Balaban J connectivity index is 2.37. The fourth-order valence-electron chi connectivity index (χ4n) is 1.80. The molecular formula is C12H8BiO2S. The first-order valence-electron chi connectivity index (χ1n) is 4.84. The second-order valence-corrected chi connectivity index (χ2v) is 10.1. The van der Waals surface area contributed by atoms with E-state index in [2.05, 4.69) is 0 Å². The van der Waals surface area contributed by atoms with Gasteiger partial charge in [0.2, 0.25) is 0 Å². The van der Waals surface area contributed by atoms with Crippen LogP contribution in [0.5, 0.6) is 0 Å². The van der Waals surface area contributed by atoms with E-state index >= 15 is 0 Å². The SMILES string of the molecule is O=S1(=O)c2cccc[c]2[Bi][c]2ccccc21. The van der Waals surface area contributed by atoms with Crippen LogP contribution < -0.4 is 6.54 Å². The van der Waals surface area contributed by atoms with Crippen molar-refractivity contribution in [1.82, 2.24) is 0 Å². The molecule has 1 aliphatic rings. The van der Waals surface area contributed by atoms with Gasteiger partial charge >= 0.3 is 106 Å². The third kappa shape index (κ3) is 1.44. The van der Waals surface area contributed by atoms with Gasteiger partial charge in [-0.3, -0.25) is 0 Å². The molecule has 0 spiro atoms. The van der Waals surface area contributed by atoms with Crippen LogP contribution in [0.2, 0.25) is 0 Å². The van der Waals surface area contributed by atoms with Crippen LogP contribution in [0, 0.1) is 0 Å². The predicted octanol–water partition coefficient (Wildman–Crippen LogP) is 0.488. The first-order chi connectivity index (χ1) is 7.69. The van der Waals surface area contributed by atoms with E-state index in [1.165, 1.54) is 0 Å². The summed E-state index contributed by atoms with van der Waals surface area (Å²) in [4.78, 5) is 1.07. The van der Waals surface area contributed by atoms with Gasteiger partial charge in [-0.05, 0) is 0 Å². The van der Waals surface area contributed by atoms with Crippen LogP contribution in [0.3, 0.4) is 0 Å². The summed E-state index contributed by atoms with van der Waals surface area (Å²) in [5.74, 6) is 0. The Labute approximate surface area is 106 Å². The molecule has 3 rings (SSSR count). The molecular weight excluding hydrogens is 417 g/mol. The van der Waals surface area contributed by atoms with Crippen molar-refractivity contribution in [2.24, 2.45) is 0 Å². The molecule has 0 unspecified atom stereocenters. The van der Waals surface area contributed by atoms with Crippen molar-refractivity contribution in [2.75, 3.05) is 0 Å². The Morgan fingerprint density at radius 1 is 0.750 bits per heavy atom. The fourth-order valence-corrected chi connectivity index (χ4v) is 10.5. The molecule has 4 heteroatoms. The Morgan fingerprint density at radius 2 is 1.19 bits per heavy atom. The summed E-state index contributed by atoms with van der Waals surface area (Å²) >= 11 is -1.05. The van der Waals surface area contributed by atoms with E-state index in [0.29, 0.717) is 9.79 Å². The molecule has 1 radical (unpaired) electrons. The molecule has 1 aliphatic heterocycles.